The van der Waals surface area contributed by atoms with Gasteiger partial charge in [0.15, 0.2) is 0 Å². The number of aromatic nitrogens is 3. The van der Waals surface area contributed by atoms with Gasteiger partial charge in [0.2, 0.25) is 11.9 Å². The van der Waals surface area contributed by atoms with E-state index >= 15 is 0 Å². The van der Waals surface area contributed by atoms with Crippen LogP contribution in [-0.2, 0) is 0 Å². The fourth-order valence-corrected chi connectivity index (χ4v) is 1.95. The molecule has 21 heavy (non-hydrogen) atoms. The van der Waals surface area contributed by atoms with Gasteiger partial charge in [-0.05, 0) is 67.6 Å². The zero-order valence-corrected chi connectivity index (χ0v) is 14.4. The van der Waals surface area contributed by atoms with Crippen LogP contribution in [0.1, 0.15) is 20.8 Å². The maximum absolute atomic E-state index is 5.38. The van der Waals surface area contributed by atoms with Crippen LogP contribution in [0.5, 0.6) is 6.01 Å². The summed E-state index contributed by atoms with van der Waals surface area (Å²) in [6.45, 7) is 6.45. The van der Waals surface area contributed by atoms with Crippen molar-refractivity contribution in [3.63, 3.8) is 0 Å². The number of hydrogen-bond acceptors (Lipinski definition) is 6. The van der Waals surface area contributed by atoms with E-state index in [0.717, 1.165) is 5.69 Å². The molecule has 1 aromatic heterocycles. The third-order valence-corrected chi connectivity index (χ3v) is 3.13. The maximum Gasteiger partial charge on any atom is 0.323 e. The maximum atomic E-state index is 5.38. The molecule has 2 aromatic rings. The first kappa shape index (κ1) is 15.7. The predicted molar refractivity (Wildman–Crippen MR) is 92.2 cm³/mol. The molecule has 6 nitrogen and oxygen atoms in total. The largest absolute Gasteiger partial charge is 0.464 e. The number of halogens is 1. The summed E-state index contributed by atoms with van der Waals surface area (Å²) in [5.41, 5.74) is 0.916. The predicted octanol–water partition coefficient (Wildman–Crippen LogP) is 3.44. The molecule has 2 rings (SSSR count). The summed E-state index contributed by atoms with van der Waals surface area (Å²) < 4.78 is 6.55. The van der Waals surface area contributed by atoms with Crippen molar-refractivity contribution in [2.75, 3.05) is 17.2 Å². The summed E-state index contributed by atoms with van der Waals surface area (Å²) in [6.07, 6.45) is 0. The minimum Gasteiger partial charge on any atom is -0.464 e. The molecule has 0 aliphatic carbocycles. The highest BCUT2D eigenvalue weighted by Gasteiger charge is 2.08. The fourth-order valence-electron chi connectivity index (χ4n) is 1.59. The third-order valence-electron chi connectivity index (χ3n) is 2.41. The first-order chi connectivity index (χ1) is 10.1. The molecule has 0 spiro atoms. The van der Waals surface area contributed by atoms with Crippen LogP contribution in [0.2, 0.25) is 0 Å². The lowest BCUT2D eigenvalue weighted by Crippen LogP contribution is -2.14. The van der Waals surface area contributed by atoms with E-state index < -0.39 is 0 Å². The summed E-state index contributed by atoms with van der Waals surface area (Å²) in [7, 11) is 0. The molecule has 0 unspecified atom stereocenters. The minimum atomic E-state index is 0.230. The Labute approximate surface area is 137 Å². The van der Waals surface area contributed by atoms with Gasteiger partial charge in [-0.15, -0.1) is 0 Å². The monoisotopic (exact) mass is 399 g/mol. The van der Waals surface area contributed by atoms with Crippen molar-refractivity contribution in [3.05, 3.63) is 27.8 Å². The van der Waals surface area contributed by atoms with E-state index in [9.17, 15) is 0 Å². The molecule has 0 aliphatic rings. The Morgan fingerprint density at radius 2 is 1.76 bits per heavy atom. The van der Waals surface area contributed by atoms with Crippen molar-refractivity contribution in [1.29, 1.82) is 0 Å². The average molecular weight is 399 g/mol. The van der Waals surface area contributed by atoms with E-state index in [2.05, 4.69) is 48.2 Å². The Morgan fingerprint density at radius 1 is 1.10 bits per heavy atom. The van der Waals surface area contributed by atoms with Crippen LogP contribution < -0.4 is 15.4 Å². The summed E-state index contributed by atoms with van der Waals surface area (Å²) in [5, 5.41) is 6.31. The van der Waals surface area contributed by atoms with Crippen molar-refractivity contribution >= 4 is 40.2 Å². The van der Waals surface area contributed by atoms with E-state index in [-0.39, 0.29) is 6.04 Å². The van der Waals surface area contributed by atoms with Crippen molar-refractivity contribution < 1.29 is 4.74 Å². The number of ether oxygens (including phenoxy) is 1. The number of benzene rings is 1. The second kappa shape index (κ2) is 7.39. The highest BCUT2D eigenvalue weighted by Crippen LogP contribution is 2.18. The molecule has 112 valence electrons. The molecule has 0 saturated heterocycles. The molecular weight excluding hydrogens is 381 g/mol. The summed E-state index contributed by atoms with van der Waals surface area (Å²) in [5.74, 6) is 0.953. The molecule has 0 saturated carbocycles. The van der Waals surface area contributed by atoms with Crippen LogP contribution >= 0.6 is 22.6 Å². The average Bonchev–Trinajstić information content (AvgIpc) is 2.41. The van der Waals surface area contributed by atoms with Gasteiger partial charge in [0.05, 0.1) is 6.61 Å². The zero-order valence-electron chi connectivity index (χ0n) is 12.2. The van der Waals surface area contributed by atoms with Gasteiger partial charge in [0, 0.05) is 15.3 Å². The van der Waals surface area contributed by atoms with Crippen molar-refractivity contribution in [2.24, 2.45) is 0 Å². The number of hydrogen-bond donors (Lipinski definition) is 2. The Morgan fingerprint density at radius 3 is 2.38 bits per heavy atom. The standard InChI is InChI=1S/C14H18IN5O/c1-4-21-14-19-12(16-9(2)3)18-13(20-14)17-11-7-5-10(15)6-8-11/h5-9H,4H2,1-3H3,(H2,16,17,18,19,20). The van der Waals surface area contributed by atoms with Crippen LogP contribution in [0.25, 0.3) is 0 Å². The zero-order chi connectivity index (χ0) is 15.2. The highest BCUT2D eigenvalue weighted by molar-refractivity contribution is 14.1. The molecule has 0 aliphatic heterocycles. The number of rotatable bonds is 6. The van der Waals surface area contributed by atoms with Gasteiger partial charge in [-0.25, -0.2) is 0 Å². The van der Waals surface area contributed by atoms with E-state index in [4.69, 9.17) is 4.74 Å². The SMILES string of the molecule is CCOc1nc(Nc2ccc(I)cc2)nc(NC(C)C)n1. The van der Waals surface area contributed by atoms with E-state index in [1.807, 2.05) is 45.0 Å². The van der Waals surface area contributed by atoms with Crippen LogP contribution in [0.4, 0.5) is 17.6 Å². The van der Waals surface area contributed by atoms with E-state index in [1.54, 1.807) is 0 Å². The molecule has 0 bridgehead atoms. The Balaban J connectivity index is 2.24. The molecule has 0 fully saturated rings. The Bertz CT molecular complexity index is 588. The van der Waals surface area contributed by atoms with E-state index in [0.29, 0.717) is 24.5 Å². The van der Waals surface area contributed by atoms with Crippen molar-refractivity contribution in [2.45, 2.75) is 26.8 Å². The molecule has 1 aromatic carbocycles. The first-order valence-electron chi connectivity index (χ1n) is 6.75. The van der Waals surface area contributed by atoms with Gasteiger partial charge in [0.1, 0.15) is 0 Å². The first-order valence-corrected chi connectivity index (χ1v) is 7.82. The second-order valence-corrected chi connectivity index (χ2v) is 5.87. The molecule has 0 radical (unpaired) electrons. The quantitative estimate of drug-likeness (QED) is 0.726. The number of anilines is 3. The summed E-state index contributed by atoms with van der Waals surface area (Å²) in [6, 6.07) is 8.52. The lowest BCUT2D eigenvalue weighted by Gasteiger charge is -2.11. The van der Waals surface area contributed by atoms with Gasteiger partial charge >= 0.3 is 6.01 Å². The van der Waals surface area contributed by atoms with Crippen molar-refractivity contribution in [3.8, 4) is 6.01 Å². The topological polar surface area (TPSA) is 72.0 Å². The number of nitrogens with zero attached hydrogens (tertiary/aromatic N) is 3. The minimum absolute atomic E-state index is 0.230. The summed E-state index contributed by atoms with van der Waals surface area (Å²) >= 11 is 2.26. The molecule has 0 atom stereocenters. The lowest BCUT2D eigenvalue weighted by molar-refractivity contribution is 0.312. The fraction of sp³-hybridized carbons (Fsp3) is 0.357. The Kier molecular flexibility index (Phi) is 5.54. The highest BCUT2D eigenvalue weighted by atomic mass is 127. The van der Waals surface area contributed by atoms with Gasteiger partial charge < -0.3 is 15.4 Å². The summed E-state index contributed by atoms with van der Waals surface area (Å²) in [4.78, 5) is 12.8. The molecule has 0 amide bonds. The normalized spacial score (nSPS) is 10.5. The van der Waals surface area contributed by atoms with Gasteiger partial charge in [-0.3, -0.25) is 0 Å². The lowest BCUT2D eigenvalue weighted by atomic mass is 10.3. The van der Waals surface area contributed by atoms with Crippen LogP contribution in [-0.4, -0.2) is 27.6 Å². The molecule has 7 heteroatoms. The van der Waals surface area contributed by atoms with Crippen LogP contribution in [0.15, 0.2) is 24.3 Å². The molecular formula is C14H18IN5O. The molecule has 2 N–H and O–H groups in total. The van der Waals surface area contributed by atoms with Crippen LogP contribution in [0.3, 0.4) is 0 Å². The van der Waals surface area contributed by atoms with Gasteiger partial charge in [-0.2, -0.15) is 15.0 Å². The molecule has 1 heterocycles. The smallest absolute Gasteiger partial charge is 0.323 e. The Hall–Kier alpha value is -1.64. The second-order valence-electron chi connectivity index (χ2n) is 4.63. The van der Waals surface area contributed by atoms with Gasteiger partial charge in [-0.1, -0.05) is 0 Å². The van der Waals surface area contributed by atoms with Crippen LogP contribution in [0, 0.1) is 3.57 Å². The van der Waals surface area contributed by atoms with Gasteiger partial charge in [0.25, 0.3) is 0 Å². The third kappa shape index (κ3) is 5.00. The van der Waals surface area contributed by atoms with Crippen molar-refractivity contribution in [1.82, 2.24) is 15.0 Å². The number of nitrogens with one attached hydrogen (secondary N) is 2. The van der Waals surface area contributed by atoms with E-state index in [1.165, 1.54) is 3.57 Å².